The smallest absolute Gasteiger partial charge is 0.277 e. The molecule has 3 aromatic rings. The molecule has 3 aromatic heterocycles. The molecule has 0 radical (unpaired) electrons. The first-order valence-corrected chi connectivity index (χ1v) is 10.6. The zero-order valence-corrected chi connectivity index (χ0v) is 16.6. The van der Waals surface area contributed by atoms with Gasteiger partial charge in [0, 0.05) is 17.1 Å². The van der Waals surface area contributed by atoms with E-state index in [4.69, 9.17) is 15.4 Å². The first-order valence-electron chi connectivity index (χ1n) is 8.32. The Morgan fingerprint density at radius 3 is 2.70 bits per heavy atom. The van der Waals surface area contributed by atoms with Crippen molar-refractivity contribution in [1.82, 2.24) is 24.6 Å². The predicted octanol–water partition coefficient (Wildman–Crippen LogP) is 2.07. The summed E-state index contributed by atoms with van der Waals surface area (Å²) in [5.74, 6) is 0.891. The van der Waals surface area contributed by atoms with Crippen LogP contribution >= 0.6 is 10.7 Å². The maximum Gasteiger partial charge on any atom is 0.277 e. The average Bonchev–Trinajstić information content (AvgIpc) is 2.91. The molecule has 1 N–H and O–H groups in total. The molecule has 0 amide bonds. The van der Waals surface area contributed by atoms with E-state index >= 15 is 0 Å². The minimum absolute atomic E-state index is 0.111. The zero-order chi connectivity index (χ0) is 19.8. The molecule has 0 saturated heterocycles. The first kappa shape index (κ1) is 19.3. The van der Waals surface area contributed by atoms with Gasteiger partial charge in [0.05, 0.1) is 24.1 Å². The summed E-state index contributed by atoms with van der Waals surface area (Å²) in [6.07, 6.45) is 2.56. The van der Waals surface area contributed by atoms with Crippen LogP contribution in [0.5, 0.6) is 5.88 Å². The Balaban J connectivity index is 2.31. The Labute approximate surface area is 159 Å². The van der Waals surface area contributed by atoms with Crippen LogP contribution in [-0.4, -0.2) is 39.6 Å². The van der Waals surface area contributed by atoms with Crippen molar-refractivity contribution in [2.45, 2.75) is 38.5 Å². The van der Waals surface area contributed by atoms with Gasteiger partial charge in [-0.15, -0.1) is 5.10 Å². The van der Waals surface area contributed by atoms with Gasteiger partial charge in [0.25, 0.3) is 14.6 Å². The average molecular weight is 412 g/mol. The number of pyridine rings is 1. The molecule has 0 bridgehead atoms. The number of hydrogen-bond donors (Lipinski definition) is 1. The number of halogens is 1. The third-order valence-electron chi connectivity index (χ3n) is 3.86. The topological polar surface area (TPSA) is 119 Å². The molecule has 144 valence electrons. The van der Waals surface area contributed by atoms with E-state index in [1.807, 2.05) is 6.92 Å². The molecule has 9 nitrogen and oxygen atoms in total. The number of aromatic amines is 1. The Morgan fingerprint density at radius 2 is 2.07 bits per heavy atom. The van der Waals surface area contributed by atoms with Gasteiger partial charge in [0.2, 0.25) is 5.88 Å². The lowest BCUT2D eigenvalue weighted by molar-refractivity contribution is 0.327. The van der Waals surface area contributed by atoms with Crippen molar-refractivity contribution in [2.75, 3.05) is 6.61 Å². The number of hydrogen-bond acceptors (Lipinski definition) is 7. The highest BCUT2D eigenvalue weighted by Crippen LogP contribution is 2.29. The summed E-state index contributed by atoms with van der Waals surface area (Å²) in [5.41, 5.74) is 0.730. The Morgan fingerprint density at radius 1 is 1.33 bits per heavy atom. The molecule has 0 fully saturated rings. The largest absolute Gasteiger partial charge is 0.477 e. The minimum Gasteiger partial charge on any atom is -0.477 e. The Bertz CT molecular complexity index is 1170. The first-order chi connectivity index (χ1) is 12.8. The molecule has 0 saturated carbocycles. The van der Waals surface area contributed by atoms with Crippen LogP contribution in [0.15, 0.2) is 22.0 Å². The van der Waals surface area contributed by atoms with Crippen molar-refractivity contribution in [3.8, 4) is 17.3 Å². The lowest BCUT2D eigenvalue weighted by atomic mass is 10.2. The second kappa shape index (κ2) is 7.28. The normalized spacial score (nSPS) is 11.9. The number of fused-ring (bicyclic) bond motifs is 1. The van der Waals surface area contributed by atoms with Gasteiger partial charge in [-0.05, 0) is 26.3 Å². The Kier molecular flexibility index (Phi) is 5.20. The van der Waals surface area contributed by atoms with Crippen molar-refractivity contribution in [2.24, 2.45) is 0 Å². The second-order valence-electron chi connectivity index (χ2n) is 5.82. The third-order valence-corrected chi connectivity index (χ3v) is 5.18. The molecule has 0 spiro atoms. The molecule has 3 heterocycles. The minimum atomic E-state index is -4.02. The number of aromatic nitrogens is 5. The maximum atomic E-state index is 12.6. The molecule has 3 rings (SSSR count). The van der Waals surface area contributed by atoms with Crippen LogP contribution in [0.4, 0.5) is 0 Å². The second-order valence-corrected chi connectivity index (χ2v) is 8.39. The highest BCUT2D eigenvalue weighted by molar-refractivity contribution is 8.13. The van der Waals surface area contributed by atoms with Crippen LogP contribution in [0.25, 0.3) is 16.9 Å². The van der Waals surface area contributed by atoms with Crippen molar-refractivity contribution in [3.63, 3.8) is 0 Å². The summed E-state index contributed by atoms with van der Waals surface area (Å²) in [6.45, 7) is 5.79. The number of aryl methyl sites for hydroxylation is 2. The van der Waals surface area contributed by atoms with Gasteiger partial charge in [-0.2, -0.15) is 0 Å². The number of ether oxygens (including phenoxy) is 1. The SMILES string of the molecule is CCCc1nc(C)c2c(=O)[nH]c(-c3cc(S(=O)(=O)Cl)cnc3OCC)nn12. The highest BCUT2D eigenvalue weighted by atomic mass is 35.7. The molecular weight excluding hydrogens is 394 g/mol. The molecule has 0 atom stereocenters. The van der Waals surface area contributed by atoms with Crippen molar-refractivity contribution >= 4 is 25.2 Å². The van der Waals surface area contributed by atoms with Crippen LogP contribution in [0, 0.1) is 6.92 Å². The summed E-state index contributed by atoms with van der Waals surface area (Å²) in [6, 6.07) is 1.27. The van der Waals surface area contributed by atoms with Gasteiger partial charge >= 0.3 is 0 Å². The molecule has 0 aliphatic carbocycles. The lowest BCUT2D eigenvalue weighted by Gasteiger charge is -2.10. The van der Waals surface area contributed by atoms with E-state index in [0.717, 1.165) is 12.6 Å². The zero-order valence-electron chi connectivity index (χ0n) is 15.0. The summed E-state index contributed by atoms with van der Waals surface area (Å²) in [5, 5.41) is 4.45. The predicted molar refractivity (Wildman–Crippen MR) is 99.8 cm³/mol. The summed E-state index contributed by atoms with van der Waals surface area (Å²) < 4.78 is 30.3. The van der Waals surface area contributed by atoms with Crippen molar-refractivity contribution in [3.05, 3.63) is 34.1 Å². The number of imidazole rings is 1. The highest BCUT2D eigenvalue weighted by Gasteiger charge is 2.20. The van der Waals surface area contributed by atoms with Crippen molar-refractivity contribution in [1.29, 1.82) is 0 Å². The van der Waals surface area contributed by atoms with E-state index in [9.17, 15) is 13.2 Å². The van der Waals surface area contributed by atoms with Crippen LogP contribution in [0.3, 0.4) is 0 Å². The van der Waals surface area contributed by atoms with E-state index < -0.39 is 14.6 Å². The maximum absolute atomic E-state index is 12.6. The molecule has 0 aliphatic heterocycles. The van der Waals surface area contributed by atoms with E-state index in [1.54, 1.807) is 13.8 Å². The Hall–Kier alpha value is -2.46. The van der Waals surface area contributed by atoms with E-state index in [-0.39, 0.29) is 22.2 Å². The van der Waals surface area contributed by atoms with Gasteiger partial charge in [0.1, 0.15) is 10.7 Å². The quantitative estimate of drug-likeness (QED) is 0.616. The van der Waals surface area contributed by atoms with Crippen LogP contribution in [-0.2, 0) is 15.5 Å². The van der Waals surface area contributed by atoms with E-state index in [0.29, 0.717) is 30.1 Å². The van der Waals surface area contributed by atoms with E-state index in [1.165, 1.54) is 10.6 Å². The van der Waals surface area contributed by atoms with Crippen molar-refractivity contribution < 1.29 is 13.2 Å². The summed E-state index contributed by atoms with van der Waals surface area (Å²) in [4.78, 5) is 23.5. The number of nitrogens with zero attached hydrogens (tertiary/aromatic N) is 4. The fourth-order valence-electron chi connectivity index (χ4n) is 2.73. The van der Waals surface area contributed by atoms with Gasteiger partial charge in [-0.25, -0.2) is 22.9 Å². The monoisotopic (exact) mass is 411 g/mol. The molecule has 27 heavy (non-hydrogen) atoms. The molecule has 11 heteroatoms. The van der Waals surface area contributed by atoms with Gasteiger partial charge in [-0.1, -0.05) is 6.92 Å². The number of rotatable bonds is 6. The third kappa shape index (κ3) is 3.67. The molecule has 0 aliphatic rings. The molecular formula is C16H18ClN5O4S. The van der Waals surface area contributed by atoms with Crippen LogP contribution < -0.4 is 10.3 Å². The van der Waals surface area contributed by atoms with E-state index in [2.05, 4.69) is 20.1 Å². The number of H-pyrrole nitrogens is 1. The van der Waals surface area contributed by atoms with Gasteiger partial charge < -0.3 is 9.72 Å². The standard InChI is InChI=1S/C16H18ClN5O4S/c1-4-6-12-19-9(3)13-15(23)20-14(21-22(12)13)11-7-10(27(17,24)25)8-18-16(11)26-5-2/h7-8H,4-6H2,1-3H3,(H,20,21,23). The molecule has 0 unspecified atom stereocenters. The lowest BCUT2D eigenvalue weighted by Crippen LogP contribution is -2.16. The summed E-state index contributed by atoms with van der Waals surface area (Å²) >= 11 is 0. The fourth-order valence-corrected chi connectivity index (χ4v) is 3.42. The van der Waals surface area contributed by atoms with Crippen LogP contribution in [0.1, 0.15) is 31.8 Å². The number of nitrogens with one attached hydrogen (secondary N) is 1. The van der Waals surface area contributed by atoms with Gasteiger partial charge in [-0.3, -0.25) is 4.79 Å². The van der Waals surface area contributed by atoms with Gasteiger partial charge in [0.15, 0.2) is 11.3 Å². The fraction of sp³-hybridized carbons (Fsp3) is 0.375. The summed E-state index contributed by atoms with van der Waals surface area (Å²) in [7, 11) is 1.41. The molecule has 0 aromatic carbocycles. The van der Waals surface area contributed by atoms with Crippen LogP contribution in [0.2, 0.25) is 0 Å².